The van der Waals surface area contributed by atoms with Gasteiger partial charge in [0.25, 0.3) is 0 Å². The van der Waals surface area contributed by atoms with E-state index in [2.05, 4.69) is 4.74 Å². The normalized spacial score (nSPS) is 12.4. The first-order chi connectivity index (χ1) is 7.65. The van der Waals surface area contributed by atoms with E-state index in [9.17, 15) is 31.1 Å². The summed E-state index contributed by atoms with van der Waals surface area (Å²) in [5, 5.41) is 0. The predicted octanol–water partition coefficient (Wildman–Crippen LogP) is 3.33. The molecule has 0 bridgehead atoms. The first kappa shape index (κ1) is 13.3. The zero-order chi connectivity index (χ0) is 13.3. The standard InChI is InChI=1S/C9H4F6O2/c10-7(16)5-3-1-2-4-6(5)17-9(14,15)8(11,12)13/h1-4H. The second-order valence-electron chi connectivity index (χ2n) is 2.89. The summed E-state index contributed by atoms with van der Waals surface area (Å²) in [6.45, 7) is 0. The van der Waals surface area contributed by atoms with Crippen molar-refractivity contribution in [2.75, 3.05) is 0 Å². The second-order valence-corrected chi connectivity index (χ2v) is 2.89. The third-order valence-electron chi connectivity index (χ3n) is 1.67. The fourth-order valence-corrected chi connectivity index (χ4v) is 0.914. The average Bonchev–Trinajstić information content (AvgIpc) is 2.15. The Morgan fingerprint density at radius 1 is 1.06 bits per heavy atom. The van der Waals surface area contributed by atoms with Gasteiger partial charge in [-0.15, -0.1) is 0 Å². The lowest BCUT2D eigenvalue weighted by molar-refractivity contribution is -0.360. The van der Waals surface area contributed by atoms with Gasteiger partial charge in [0.2, 0.25) is 0 Å². The molecule has 0 atom stereocenters. The van der Waals surface area contributed by atoms with Crippen LogP contribution in [0.15, 0.2) is 24.3 Å². The Balaban J connectivity index is 3.08. The molecule has 0 fully saturated rings. The molecule has 1 rings (SSSR count). The van der Waals surface area contributed by atoms with E-state index in [4.69, 9.17) is 0 Å². The van der Waals surface area contributed by atoms with Crippen LogP contribution in [0.4, 0.5) is 26.3 Å². The number of rotatable bonds is 3. The zero-order valence-corrected chi connectivity index (χ0v) is 7.89. The second kappa shape index (κ2) is 4.27. The molecule has 0 spiro atoms. The van der Waals surface area contributed by atoms with Crippen molar-refractivity contribution in [3.8, 4) is 5.75 Å². The SMILES string of the molecule is O=C(F)c1ccccc1OC(F)(F)C(F)(F)F. The van der Waals surface area contributed by atoms with Crippen molar-refractivity contribution in [2.45, 2.75) is 12.3 Å². The van der Waals surface area contributed by atoms with E-state index in [1.54, 1.807) is 0 Å². The first-order valence-electron chi connectivity index (χ1n) is 4.07. The number of halogens is 6. The lowest BCUT2D eigenvalue weighted by atomic mass is 10.2. The molecular formula is C9H4F6O2. The van der Waals surface area contributed by atoms with Gasteiger partial charge in [0.15, 0.2) is 0 Å². The van der Waals surface area contributed by atoms with Gasteiger partial charge in [0.1, 0.15) is 5.75 Å². The van der Waals surface area contributed by atoms with E-state index in [1.165, 1.54) is 0 Å². The topological polar surface area (TPSA) is 26.3 Å². The van der Waals surface area contributed by atoms with Crippen molar-refractivity contribution in [3.63, 3.8) is 0 Å². The van der Waals surface area contributed by atoms with Gasteiger partial charge in [0.05, 0.1) is 5.56 Å². The number of benzene rings is 1. The number of ether oxygens (including phenoxy) is 1. The van der Waals surface area contributed by atoms with Gasteiger partial charge in [-0.3, -0.25) is 4.79 Å². The number of hydrogen-bond acceptors (Lipinski definition) is 2. The first-order valence-corrected chi connectivity index (χ1v) is 4.07. The van der Waals surface area contributed by atoms with Crippen LogP contribution in [0.2, 0.25) is 0 Å². The minimum absolute atomic E-state index is 0.631. The largest absolute Gasteiger partial charge is 0.499 e. The minimum atomic E-state index is -5.96. The molecule has 8 heteroatoms. The number of alkyl halides is 5. The number of para-hydroxylation sites is 1. The summed E-state index contributed by atoms with van der Waals surface area (Å²) >= 11 is 0. The van der Waals surface area contributed by atoms with E-state index in [0.717, 1.165) is 18.2 Å². The maximum absolute atomic E-state index is 12.5. The molecule has 0 amide bonds. The quantitative estimate of drug-likeness (QED) is 0.614. The molecule has 17 heavy (non-hydrogen) atoms. The van der Waals surface area contributed by atoms with Crippen LogP contribution in [0, 0.1) is 0 Å². The van der Waals surface area contributed by atoms with Crippen LogP contribution >= 0.6 is 0 Å². The van der Waals surface area contributed by atoms with Crippen molar-refractivity contribution >= 4 is 6.04 Å². The zero-order valence-electron chi connectivity index (χ0n) is 7.89. The Morgan fingerprint density at radius 3 is 2.06 bits per heavy atom. The van der Waals surface area contributed by atoms with Crippen LogP contribution in [-0.4, -0.2) is 18.3 Å². The lowest BCUT2D eigenvalue weighted by Gasteiger charge is -2.20. The summed E-state index contributed by atoms with van der Waals surface area (Å²) < 4.78 is 76.0. The van der Waals surface area contributed by atoms with Gasteiger partial charge in [-0.25, -0.2) is 0 Å². The summed E-state index contributed by atoms with van der Waals surface area (Å²) in [5.74, 6) is -1.18. The summed E-state index contributed by atoms with van der Waals surface area (Å²) in [4.78, 5) is 10.3. The number of hydrogen-bond donors (Lipinski definition) is 0. The molecule has 0 saturated carbocycles. The fraction of sp³-hybridized carbons (Fsp3) is 0.222. The molecule has 0 aromatic heterocycles. The third-order valence-corrected chi connectivity index (χ3v) is 1.67. The molecule has 0 radical (unpaired) electrons. The molecule has 1 aromatic rings. The maximum Gasteiger partial charge on any atom is 0.499 e. The lowest BCUT2D eigenvalue weighted by Crippen LogP contribution is -2.42. The predicted molar refractivity (Wildman–Crippen MR) is 43.5 cm³/mol. The van der Waals surface area contributed by atoms with Crippen LogP contribution in [-0.2, 0) is 0 Å². The van der Waals surface area contributed by atoms with Gasteiger partial charge in [-0.05, 0) is 12.1 Å². The van der Waals surface area contributed by atoms with E-state index in [0.29, 0.717) is 6.07 Å². The van der Waals surface area contributed by atoms with Gasteiger partial charge in [-0.1, -0.05) is 12.1 Å². The Hall–Kier alpha value is -1.73. The van der Waals surface area contributed by atoms with Crippen LogP contribution in [0.3, 0.4) is 0 Å². The molecule has 0 heterocycles. The van der Waals surface area contributed by atoms with Gasteiger partial charge in [-0.2, -0.15) is 26.3 Å². The Kier molecular flexibility index (Phi) is 3.35. The summed E-state index contributed by atoms with van der Waals surface area (Å²) in [7, 11) is 0. The van der Waals surface area contributed by atoms with Gasteiger partial charge >= 0.3 is 18.3 Å². The summed E-state index contributed by atoms with van der Waals surface area (Å²) in [5.41, 5.74) is -1.00. The van der Waals surface area contributed by atoms with Gasteiger partial charge < -0.3 is 4.74 Å². The van der Waals surface area contributed by atoms with Crippen LogP contribution in [0.1, 0.15) is 10.4 Å². The molecule has 0 aliphatic carbocycles. The molecule has 2 nitrogen and oxygen atoms in total. The highest BCUT2D eigenvalue weighted by atomic mass is 19.4. The molecular weight excluding hydrogens is 254 g/mol. The van der Waals surface area contributed by atoms with Crippen molar-refractivity contribution in [3.05, 3.63) is 29.8 Å². The summed E-state index contributed by atoms with van der Waals surface area (Å²) in [6, 6.07) is 1.30. The maximum atomic E-state index is 12.5. The van der Waals surface area contributed by atoms with Crippen molar-refractivity contribution in [1.82, 2.24) is 0 Å². The third kappa shape index (κ3) is 2.89. The highest BCUT2D eigenvalue weighted by molar-refractivity contribution is 5.91. The van der Waals surface area contributed by atoms with Crippen LogP contribution < -0.4 is 4.74 Å². The molecule has 94 valence electrons. The Bertz CT molecular complexity index is 426. The number of carbonyl (C=O) groups excluding carboxylic acids is 1. The molecule has 0 aliphatic heterocycles. The Morgan fingerprint density at radius 2 is 1.59 bits per heavy atom. The molecule has 0 unspecified atom stereocenters. The van der Waals surface area contributed by atoms with E-state index in [-0.39, 0.29) is 0 Å². The molecule has 0 N–H and O–H groups in total. The van der Waals surface area contributed by atoms with Crippen molar-refractivity contribution in [1.29, 1.82) is 0 Å². The van der Waals surface area contributed by atoms with E-state index in [1.807, 2.05) is 0 Å². The Labute approximate surface area is 90.8 Å². The summed E-state index contributed by atoms with van der Waals surface area (Å²) in [6.07, 6.45) is -11.5. The van der Waals surface area contributed by atoms with E-state index >= 15 is 0 Å². The van der Waals surface area contributed by atoms with E-state index < -0.39 is 29.6 Å². The van der Waals surface area contributed by atoms with Crippen LogP contribution in [0.5, 0.6) is 5.75 Å². The highest BCUT2D eigenvalue weighted by Gasteiger charge is 2.61. The smallest absolute Gasteiger partial charge is 0.425 e. The van der Waals surface area contributed by atoms with Crippen molar-refractivity contribution < 1.29 is 35.9 Å². The highest BCUT2D eigenvalue weighted by Crippen LogP contribution is 2.38. The van der Waals surface area contributed by atoms with Crippen LogP contribution in [0.25, 0.3) is 0 Å². The fourth-order valence-electron chi connectivity index (χ4n) is 0.914. The molecule has 1 aromatic carbocycles. The monoisotopic (exact) mass is 258 g/mol. The van der Waals surface area contributed by atoms with Gasteiger partial charge in [0, 0.05) is 0 Å². The average molecular weight is 258 g/mol. The van der Waals surface area contributed by atoms with Crippen molar-refractivity contribution in [2.24, 2.45) is 0 Å². The minimum Gasteiger partial charge on any atom is -0.425 e. The molecule has 0 saturated heterocycles. The number of carbonyl (C=O) groups is 1. The molecule has 0 aliphatic rings.